The van der Waals surface area contributed by atoms with Crippen molar-refractivity contribution < 1.29 is 9.18 Å². The number of hydrogen-bond acceptors (Lipinski definition) is 3. The van der Waals surface area contributed by atoms with Crippen molar-refractivity contribution in [1.82, 2.24) is 9.88 Å². The smallest absolute Gasteiger partial charge is 0.223 e. The number of amides is 1. The highest BCUT2D eigenvalue weighted by atomic mass is 19.1. The molecule has 2 aliphatic heterocycles. The van der Waals surface area contributed by atoms with Crippen LogP contribution in [0.4, 0.5) is 10.1 Å². The predicted molar refractivity (Wildman–Crippen MR) is 74.9 cm³/mol. The van der Waals surface area contributed by atoms with E-state index in [1.54, 1.807) is 12.3 Å². The molecule has 0 radical (unpaired) electrons. The third kappa shape index (κ3) is 2.25. The molecule has 1 spiro atoms. The minimum absolute atomic E-state index is 0.118. The Morgan fingerprint density at radius 1 is 1.40 bits per heavy atom. The normalized spacial score (nSPS) is 21.8. The second kappa shape index (κ2) is 5.04. The summed E-state index contributed by atoms with van der Waals surface area (Å²) in [7, 11) is 0. The van der Waals surface area contributed by atoms with Gasteiger partial charge in [-0.3, -0.25) is 9.78 Å². The zero-order valence-corrected chi connectivity index (χ0v) is 11.8. The Morgan fingerprint density at radius 2 is 2.15 bits per heavy atom. The number of carbonyl (C=O) groups is 1. The molecule has 20 heavy (non-hydrogen) atoms. The van der Waals surface area contributed by atoms with E-state index in [0.717, 1.165) is 39.0 Å². The second-order valence-electron chi connectivity index (χ2n) is 5.90. The van der Waals surface area contributed by atoms with Gasteiger partial charge < -0.3 is 9.80 Å². The highest BCUT2D eigenvalue weighted by Crippen LogP contribution is 2.41. The van der Waals surface area contributed by atoms with Crippen molar-refractivity contribution >= 4 is 11.6 Å². The summed E-state index contributed by atoms with van der Waals surface area (Å²) in [5, 5.41) is 0. The van der Waals surface area contributed by atoms with Crippen molar-refractivity contribution in [2.75, 3.05) is 31.1 Å². The quantitative estimate of drug-likeness (QED) is 0.830. The van der Waals surface area contributed by atoms with Gasteiger partial charge in [-0.15, -0.1) is 0 Å². The molecule has 2 aliphatic rings. The lowest BCUT2D eigenvalue weighted by molar-refractivity contribution is -0.127. The number of piperidine rings is 1. The summed E-state index contributed by atoms with van der Waals surface area (Å²) in [6.07, 6.45) is 5.46. The van der Waals surface area contributed by atoms with Crippen LogP contribution in [0.5, 0.6) is 0 Å². The first kappa shape index (κ1) is 13.3. The van der Waals surface area contributed by atoms with Crippen molar-refractivity contribution in [3.8, 4) is 0 Å². The zero-order valence-electron chi connectivity index (χ0n) is 11.8. The van der Waals surface area contributed by atoms with Crippen molar-refractivity contribution in [2.45, 2.75) is 26.2 Å². The summed E-state index contributed by atoms with van der Waals surface area (Å²) >= 11 is 0. The van der Waals surface area contributed by atoms with Gasteiger partial charge in [-0.05, 0) is 25.8 Å². The van der Waals surface area contributed by atoms with Crippen LogP contribution in [0, 0.1) is 11.2 Å². The van der Waals surface area contributed by atoms with Gasteiger partial charge in [-0.2, -0.15) is 0 Å². The Bertz CT molecular complexity index is 512. The highest BCUT2D eigenvalue weighted by molar-refractivity contribution is 5.79. The largest absolute Gasteiger partial charge is 0.369 e. The van der Waals surface area contributed by atoms with E-state index in [1.807, 2.05) is 11.8 Å². The first-order chi connectivity index (χ1) is 9.63. The number of anilines is 1. The van der Waals surface area contributed by atoms with E-state index in [9.17, 15) is 9.18 Å². The van der Waals surface area contributed by atoms with E-state index in [-0.39, 0.29) is 17.1 Å². The molecule has 2 fully saturated rings. The van der Waals surface area contributed by atoms with Crippen LogP contribution in [0.1, 0.15) is 26.2 Å². The van der Waals surface area contributed by atoms with Gasteiger partial charge in [-0.25, -0.2) is 4.39 Å². The number of likely N-dealkylation sites (tertiary alicyclic amines) is 1. The van der Waals surface area contributed by atoms with E-state index >= 15 is 0 Å². The average molecular weight is 277 g/mol. The number of halogens is 1. The molecule has 0 bridgehead atoms. The van der Waals surface area contributed by atoms with Gasteiger partial charge in [0.1, 0.15) is 0 Å². The summed E-state index contributed by atoms with van der Waals surface area (Å²) in [6, 6.07) is 1.73. The lowest BCUT2D eigenvalue weighted by atomic mass is 9.77. The minimum atomic E-state index is -0.263. The highest BCUT2D eigenvalue weighted by Gasteiger charge is 2.44. The van der Waals surface area contributed by atoms with E-state index < -0.39 is 0 Å². The van der Waals surface area contributed by atoms with Gasteiger partial charge in [-0.1, -0.05) is 0 Å². The molecule has 1 aromatic rings. The fraction of sp³-hybridized carbons (Fsp3) is 0.600. The molecule has 2 saturated heterocycles. The third-order valence-corrected chi connectivity index (χ3v) is 4.70. The Balaban J connectivity index is 1.69. The van der Waals surface area contributed by atoms with Crippen LogP contribution >= 0.6 is 0 Å². The molecule has 0 atom stereocenters. The number of nitrogens with zero attached hydrogens (tertiary/aromatic N) is 3. The van der Waals surface area contributed by atoms with Crippen LogP contribution in [0.3, 0.4) is 0 Å². The number of rotatable bonds is 2. The molecular weight excluding hydrogens is 257 g/mol. The molecule has 0 N–H and O–H groups in total. The van der Waals surface area contributed by atoms with E-state index in [4.69, 9.17) is 0 Å². The van der Waals surface area contributed by atoms with Gasteiger partial charge in [0.05, 0.1) is 11.9 Å². The molecule has 108 valence electrons. The molecule has 0 aromatic carbocycles. The average Bonchev–Trinajstić information content (AvgIpc) is 2.77. The lowest BCUT2D eigenvalue weighted by Gasteiger charge is -2.39. The molecule has 4 nitrogen and oxygen atoms in total. The summed E-state index contributed by atoms with van der Waals surface area (Å²) in [5.74, 6) is 0.0113. The zero-order chi connectivity index (χ0) is 14.2. The maximum atomic E-state index is 13.8. The van der Waals surface area contributed by atoms with Crippen molar-refractivity contribution in [3.63, 3.8) is 0 Å². The molecule has 5 heteroatoms. The number of pyridine rings is 1. The van der Waals surface area contributed by atoms with Gasteiger partial charge in [0.25, 0.3) is 0 Å². The monoisotopic (exact) mass is 277 g/mol. The first-order valence-electron chi connectivity index (χ1n) is 7.26. The Kier molecular flexibility index (Phi) is 3.36. The summed E-state index contributed by atoms with van der Waals surface area (Å²) in [4.78, 5) is 19.7. The molecule has 1 amide bonds. The summed E-state index contributed by atoms with van der Waals surface area (Å²) in [6.45, 7) is 5.31. The van der Waals surface area contributed by atoms with Gasteiger partial charge in [0.15, 0.2) is 5.82 Å². The van der Waals surface area contributed by atoms with Crippen LogP contribution in [-0.2, 0) is 4.79 Å². The predicted octanol–water partition coefficient (Wildman–Crippen LogP) is 2.06. The molecule has 3 heterocycles. The number of carbonyl (C=O) groups excluding carboxylic acids is 1. The van der Waals surface area contributed by atoms with Crippen LogP contribution < -0.4 is 4.90 Å². The van der Waals surface area contributed by atoms with E-state index in [2.05, 4.69) is 9.88 Å². The van der Waals surface area contributed by atoms with Crippen molar-refractivity contribution in [3.05, 3.63) is 24.3 Å². The molecule has 1 aromatic heterocycles. The maximum Gasteiger partial charge on any atom is 0.223 e. The second-order valence-corrected chi connectivity index (χ2v) is 5.90. The third-order valence-electron chi connectivity index (χ3n) is 4.70. The summed E-state index contributed by atoms with van der Waals surface area (Å²) < 4.78 is 13.8. The maximum absolute atomic E-state index is 13.8. The molecule has 3 rings (SSSR count). The van der Waals surface area contributed by atoms with Crippen LogP contribution in [-0.4, -0.2) is 42.0 Å². The minimum Gasteiger partial charge on any atom is -0.369 e. The first-order valence-corrected chi connectivity index (χ1v) is 7.26. The number of hydrogen-bond donors (Lipinski definition) is 0. The van der Waals surface area contributed by atoms with Crippen LogP contribution in [0.15, 0.2) is 18.5 Å². The fourth-order valence-corrected chi connectivity index (χ4v) is 3.45. The van der Waals surface area contributed by atoms with Gasteiger partial charge >= 0.3 is 0 Å². The van der Waals surface area contributed by atoms with Gasteiger partial charge in [0, 0.05) is 44.2 Å². The van der Waals surface area contributed by atoms with Crippen LogP contribution in [0.2, 0.25) is 0 Å². The SMILES string of the molecule is CCN1CC2(CCN(c3ccncc3F)CC2)CC1=O. The van der Waals surface area contributed by atoms with Crippen molar-refractivity contribution in [1.29, 1.82) is 0 Å². The molecule has 0 aliphatic carbocycles. The van der Waals surface area contributed by atoms with E-state index in [0.29, 0.717) is 12.1 Å². The topological polar surface area (TPSA) is 36.4 Å². The molecular formula is C15H20FN3O. The van der Waals surface area contributed by atoms with Crippen LogP contribution in [0.25, 0.3) is 0 Å². The van der Waals surface area contributed by atoms with Gasteiger partial charge in [0.2, 0.25) is 5.91 Å². The van der Waals surface area contributed by atoms with E-state index in [1.165, 1.54) is 6.20 Å². The Hall–Kier alpha value is -1.65. The Morgan fingerprint density at radius 3 is 2.75 bits per heavy atom. The Labute approximate surface area is 118 Å². The standard InChI is InChI=1S/C15H20FN3O/c1-2-18-11-15(9-14(18)20)4-7-19(8-5-15)13-3-6-17-10-12(13)16/h3,6,10H,2,4-5,7-9,11H2,1H3. The fourth-order valence-electron chi connectivity index (χ4n) is 3.45. The molecule has 0 unspecified atom stereocenters. The molecule has 0 saturated carbocycles. The van der Waals surface area contributed by atoms with Crippen molar-refractivity contribution in [2.24, 2.45) is 5.41 Å². The number of aromatic nitrogens is 1. The lowest BCUT2D eigenvalue weighted by Crippen LogP contribution is -2.42. The summed E-state index contributed by atoms with van der Waals surface area (Å²) in [5.41, 5.74) is 0.749.